The molecule has 214 valence electrons. The molecule has 2 N–H and O–H groups in total. The van der Waals surface area contributed by atoms with Gasteiger partial charge in [0.1, 0.15) is 17.5 Å². The van der Waals surface area contributed by atoms with Crippen LogP contribution in [-0.4, -0.2) is 59.7 Å². The van der Waals surface area contributed by atoms with Crippen molar-refractivity contribution in [1.82, 2.24) is 15.1 Å². The molecule has 0 radical (unpaired) electrons. The zero-order valence-electron chi connectivity index (χ0n) is 23.5. The minimum absolute atomic E-state index is 0.110. The Balaban J connectivity index is 1.51. The molecule has 0 aliphatic carbocycles. The lowest BCUT2D eigenvalue weighted by molar-refractivity contribution is -0.136. The fraction of sp³-hybridized carbons (Fsp3) is 0.281. The average Bonchev–Trinajstić information content (AvgIpc) is 2.96. The van der Waals surface area contributed by atoms with Crippen LogP contribution in [0.4, 0.5) is 14.5 Å². The second kappa shape index (κ2) is 13.2. The number of carbonyl (C=O) groups excluding carboxylic acids is 2. The molecule has 1 aliphatic rings. The highest BCUT2D eigenvalue weighted by Gasteiger charge is 2.41. The molecule has 0 aromatic heterocycles. The summed E-state index contributed by atoms with van der Waals surface area (Å²) in [5, 5.41) is 5.89. The second-order valence-corrected chi connectivity index (χ2v) is 10.4. The highest BCUT2D eigenvalue weighted by atomic mass is 19.1. The van der Waals surface area contributed by atoms with Crippen molar-refractivity contribution >= 4 is 29.0 Å². The van der Waals surface area contributed by atoms with Gasteiger partial charge in [0.15, 0.2) is 0 Å². The number of aryl methyl sites for hydroxylation is 1. The SMILES string of the molecule is CN1CCN(C(=O)CNC(=O)CCc2ccccc2)C(C)(C)C1=N/C(=C/Nc1ccc(F)cc1)c1ccc(F)cc1. The van der Waals surface area contributed by atoms with Crippen molar-refractivity contribution in [3.63, 3.8) is 0 Å². The van der Waals surface area contributed by atoms with Crippen LogP contribution >= 0.6 is 0 Å². The lowest BCUT2D eigenvalue weighted by Gasteiger charge is -2.47. The second-order valence-electron chi connectivity index (χ2n) is 10.4. The van der Waals surface area contributed by atoms with E-state index < -0.39 is 5.54 Å². The van der Waals surface area contributed by atoms with Crippen LogP contribution in [0.1, 0.15) is 31.4 Å². The lowest BCUT2D eigenvalue weighted by Crippen LogP contribution is -2.64. The predicted molar refractivity (Wildman–Crippen MR) is 158 cm³/mol. The number of hydrogen-bond donors (Lipinski definition) is 2. The number of amidine groups is 1. The smallest absolute Gasteiger partial charge is 0.242 e. The van der Waals surface area contributed by atoms with Gasteiger partial charge >= 0.3 is 0 Å². The topological polar surface area (TPSA) is 77.0 Å². The largest absolute Gasteiger partial charge is 0.360 e. The Labute approximate surface area is 239 Å². The van der Waals surface area contributed by atoms with E-state index in [0.29, 0.717) is 48.7 Å². The number of anilines is 1. The van der Waals surface area contributed by atoms with Gasteiger partial charge in [-0.3, -0.25) is 9.59 Å². The van der Waals surface area contributed by atoms with E-state index in [0.717, 1.165) is 5.56 Å². The van der Waals surface area contributed by atoms with E-state index in [1.807, 2.05) is 56.1 Å². The molecule has 9 heteroatoms. The molecular formula is C32H35F2N5O2. The molecule has 0 spiro atoms. The maximum atomic E-state index is 13.7. The average molecular weight is 560 g/mol. The maximum Gasteiger partial charge on any atom is 0.242 e. The number of hydrogen-bond acceptors (Lipinski definition) is 4. The number of nitrogens with one attached hydrogen (secondary N) is 2. The van der Waals surface area contributed by atoms with Crippen molar-refractivity contribution in [3.8, 4) is 0 Å². The van der Waals surface area contributed by atoms with E-state index in [4.69, 9.17) is 4.99 Å². The fourth-order valence-electron chi connectivity index (χ4n) is 4.76. The third-order valence-electron chi connectivity index (χ3n) is 7.05. The van der Waals surface area contributed by atoms with Crippen LogP contribution < -0.4 is 10.6 Å². The summed E-state index contributed by atoms with van der Waals surface area (Å²) < 4.78 is 27.1. The minimum Gasteiger partial charge on any atom is -0.360 e. The number of carbonyl (C=O) groups is 2. The maximum absolute atomic E-state index is 13.7. The van der Waals surface area contributed by atoms with Gasteiger partial charge < -0.3 is 20.4 Å². The molecule has 2 amide bonds. The summed E-state index contributed by atoms with van der Waals surface area (Å²) in [5.41, 5.74) is 2.07. The van der Waals surface area contributed by atoms with Gasteiger partial charge in [-0.1, -0.05) is 30.3 Å². The molecule has 0 saturated carbocycles. The highest BCUT2D eigenvalue weighted by molar-refractivity contribution is 5.99. The Morgan fingerprint density at radius 2 is 1.56 bits per heavy atom. The first-order chi connectivity index (χ1) is 19.6. The molecule has 1 aliphatic heterocycles. The molecule has 41 heavy (non-hydrogen) atoms. The summed E-state index contributed by atoms with van der Waals surface area (Å²) >= 11 is 0. The van der Waals surface area contributed by atoms with Crippen LogP contribution in [0.3, 0.4) is 0 Å². The monoisotopic (exact) mass is 559 g/mol. The van der Waals surface area contributed by atoms with Gasteiger partial charge in [0, 0.05) is 44.0 Å². The molecule has 1 fully saturated rings. The normalized spacial score (nSPS) is 16.0. The summed E-state index contributed by atoms with van der Waals surface area (Å²) in [6.45, 7) is 4.71. The summed E-state index contributed by atoms with van der Waals surface area (Å²) in [6.07, 6.45) is 2.57. The van der Waals surface area contributed by atoms with Crippen LogP contribution in [0.15, 0.2) is 90.1 Å². The Morgan fingerprint density at radius 1 is 0.927 bits per heavy atom. The van der Waals surface area contributed by atoms with Crippen molar-refractivity contribution in [2.75, 3.05) is 32.0 Å². The summed E-state index contributed by atoms with van der Waals surface area (Å²) in [7, 11) is 1.91. The van der Waals surface area contributed by atoms with Crippen molar-refractivity contribution in [1.29, 1.82) is 0 Å². The Hall–Kier alpha value is -4.53. The van der Waals surface area contributed by atoms with E-state index in [1.165, 1.54) is 24.3 Å². The van der Waals surface area contributed by atoms with Gasteiger partial charge in [-0.15, -0.1) is 0 Å². The van der Waals surface area contributed by atoms with Crippen molar-refractivity contribution in [2.24, 2.45) is 4.99 Å². The van der Waals surface area contributed by atoms with E-state index in [9.17, 15) is 18.4 Å². The molecule has 1 saturated heterocycles. The van der Waals surface area contributed by atoms with Gasteiger partial charge in [-0.25, -0.2) is 13.8 Å². The van der Waals surface area contributed by atoms with E-state index >= 15 is 0 Å². The number of likely N-dealkylation sites (N-methyl/N-ethyl adjacent to an activating group) is 1. The van der Waals surface area contributed by atoms with E-state index in [-0.39, 0.29) is 30.0 Å². The zero-order valence-corrected chi connectivity index (χ0v) is 23.5. The first kappa shape index (κ1) is 29.5. The number of nitrogens with zero attached hydrogens (tertiary/aromatic N) is 3. The van der Waals surface area contributed by atoms with Gasteiger partial charge in [-0.2, -0.15) is 0 Å². The Kier molecular flexibility index (Phi) is 9.49. The molecule has 1 heterocycles. The number of rotatable bonds is 9. The van der Waals surface area contributed by atoms with Crippen molar-refractivity contribution in [2.45, 2.75) is 32.2 Å². The van der Waals surface area contributed by atoms with Crippen LogP contribution in [0.5, 0.6) is 0 Å². The molecule has 4 rings (SSSR count). The Morgan fingerprint density at radius 3 is 2.22 bits per heavy atom. The molecule has 3 aromatic rings. The molecular weight excluding hydrogens is 524 g/mol. The molecule has 7 nitrogen and oxygen atoms in total. The molecule has 3 aromatic carbocycles. The lowest BCUT2D eigenvalue weighted by atomic mass is 9.96. The van der Waals surface area contributed by atoms with Crippen molar-refractivity contribution < 1.29 is 18.4 Å². The van der Waals surface area contributed by atoms with Crippen LogP contribution in [0.25, 0.3) is 5.70 Å². The van der Waals surface area contributed by atoms with Crippen LogP contribution in [0.2, 0.25) is 0 Å². The van der Waals surface area contributed by atoms with Crippen molar-refractivity contribution in [3.05, 3.63) is 108 Å². The number of benzene rings is 3. The summed E-state index contributed by atoms with van der Waals surface area (Å²) in [4.78, 5) is 34.4. The van der Waals surface area contributed by atoms with Crippen LogP contribution in [0, 0.1) is 11.6 Å². The number of piperazine rings is 1. The van der Waals surface area contributed by atoms with Gasteiger partial charge in [0.05, 0.1) is 17.8 Å². The third-order valence-corrected chi connectivity index (χ3v) is 7.05. The molecule has 0 bridgehead atoms. The van der Waals surface area contributed by atoms with Gasteiger partial charge in [0.2, 0.25) is 11.8 Å². The summed E-state index contributed by atoms with van der Waals surface area (Å²) in [6, 6.07) is 21.6. The molecule has 0 unspecified atom stereocenters. The number of halogens is 2. The van der Waals surface area contributed by atoms with E-state index in [1.54, 1.807) is 35.4 Å². The first-order valence-electron chi connectivity index (χ1n) is 13.5. The minimum atomic E-state index is -0.812. The standard InChI is InChI=1S/C32H35F2N5O2/c1-32(2)31(37-28(24-10-12-25(33)13-11-24)21-35-27-16-14-26(34)15-17-27)38(3)19-20-39(32)30(41)22-36-29(40)18-9-23-7-5-4-6-8-23/h4-8,10-17,21,35H,9,18-20,22H2,1-3H3,(H,36,40)/b28-21+,37-31?. The van der Waals surface area contributed by atoms with Crippen LogP contribution in [-0.2, 0) is 16.0 Å². The van der Waals surface area contributed by atoms with Gasteiger partial charge in [0.25, 0.3) is 0 Å². The zero-order chi connectivity index (χ0) is 29.4. The third kappa shape index (κ3) is 7.78. The van der Waals surface area contributed by atoms with Gasteiger partial charge in [-0.05, 0) is 74.4 Å². The molecule has 0 atom stereocenters. The first-order valence-corrected chi connectivity index (χ1v) is 13.5. The van der Waals surface area contributed by atoms with E-state index in [2.05, 4.69) is 10.6 Å². The Bertz CT molecular complexity index is 1400. The quantitative estimate of drug-likeness (QED) is 0.384. The predicted octanol–water partition coefficient (Wildman–Crippen LogP) is 5.08. The number of aliphatic imine (C=N–C) groups is 1. The number of amides is 2. The summed E-state index contributed by atoms with van der Waals surface area (Å²) in [5.74, 6) is -0.479. The highest BCUT2D eigenvalue weighted by Crippen LogP contribution is 2.27. The fourth-order valence-corrected chi connectivity index (χ4v) is 4.76.